The molecule has 0 radical (unpaired) electrons. The molecule has 0 spiro atoms. The van der Waals surface area contributed by atoms with Crippen LogP contribution in [-0.4, -0.2) is 37.1 Å². The number of H-pyrrole nitrogens is 1. The van der Waals surface area contributed by atoms with Gasteiger partial charge in [0.1, 0.15) is 5.82 Å². The van der Waals surface area contributed by atoms with Crippen LogP contribution in [0.2, 0.25) is 0 Å². The van der Waals surface area contributed by atoms with E-state index in [2.05, 4.69) is 20.6 Å². The molecular formula is C11H15N5O2. The van der Waals surface area contributed by atoms with Crippen LogP contribution in [0.25, 0.3) is 5.65 Å². The van der Waals surface area contributed by atoms with Gasteiger partial charge in [-0.3, -0.25) is 0 Å². The highest BCUT2D eigenvalue weighted by atomic mass is 16.3. The average Bonchev–Trinajstić information content (AvgIpc) is 2.99. The summed E-state index contributed by atoms with van der Waals surface area (Å²) in [5.41, 5.74) is -0.179. The summed E-state index contributed by atoms with van der Waals surface area (Å²) in [4.78, 5) is 11.4. The van der Waals surface area contributed by atoms with E-state index in [1.165, 1.54) is 4.52 Å². The van der Waals surface area contributed by atoms with Crippen molar-refractivity contribution in [2.45, 2.75) is 31.2 Å². The monoisotopic (exact) mass is 249 g/mol. The van der Waals surface area contributed by atoms with Crippen molar-refractivity contribution in [1.29, 1.82) is 0 Å². The molecule has 0 aliphatic heterocycles. The molecule has 0 unspecified atom stereocenters. The van der Waals surface area contributed by atoms with E-state index >= 15 is 0 Å². The van der Waals surface area contributed by atoms with Gasteiger partial charge in [-0.2, -0.15) is 9.61 Å². The summed E-state index contributed by atoms with van der Waals surface area (Å²) in [6, 6.07) is 3.48. The van der Waals surface area contributed by atoms with Crippen molar-refractivity contribution < 1.29 is 5.11 Å². The maximum atomic E-state index is 11.4. The van der Waals surface area contributed by atoms with Crippen LogP contribution in [0.4, 0.5) is 5.82 Å². The fraction of sp³-hybridized carbons (Fsp3) is 0.545. The quantitative estimate of drug-likeness (QED) is 0.719. The Balaban J connectivity index is 1.94. The van der Waals surface area contributed by atoms with Crippen LogP contribution in [0.1, 0.15) is 25.7 Å². The zero-order valence-electron chi connectivity index (χ0n) is 9.89. The molecule has 1 fully saturated rings. The molecule has 2 heterocycles. The van der Waals surface area contributed by atoms with Crippen molar-refractivity contribution in [3.8, 4) is 0 Å². The van der Waals surface area contributed by atoms with Crippen LogP contribution in [0.15, 0.2) is 16.9 Å². The van der Waals surface area contributed by atoms with E-state index in [0.29, 0.717) is 11.5 Å². The molecule has 7 nitrogen and oxygen atoms in total. The van der Waals surface area contributed by atoms with Crippen LogP contribution >= 0.6 is 0 Å². The van der Waals surface area contributed by atoms with Gasteiger partial charge >= 0.3 is 5.69 Å². The van der Waals surface area contributed by atoms with Gasteiger partial charge in [0.25, 0.3) is 0 Å². The van der Waals surface area contributed by atoms with E-state index in [9.17, 15) is 9.90 Å². The van der Waals surface area contributed by atoms with Crippen molar-refractivity contribution in [2.75, 3.05) is 11.9 Å². The number of hydrogen-bond donors (Lipinski definition) is 3. The van der Waals surface area contributed by atoms with E-state index in [0.717, 1.165) is 25.7 Å². The lowest BCUT2D eigenvalue weighted by molar-refractivity contribution is 0.213. The normalized spacial score (nSPS) is 18.3. The summed E-state index contributed by atoms with van der Waals surface area (Å²) < 4.78 is 1.21. The number of nitrogens with one attached hydrogen (secondary N) is 2. The maximum Gasteiger partial charge on any atom is 0.364 e. The maximum absolute atomic E-state index is 11.4. The zero-order valence-corrected chi connectivity index (χ0v) is 9.89. The van der Waals surface area contributed by atoms with Crippen LogP contribution in [0.3, 0.4) is 0 Å². The Hall–Kier alpha value is -1.89. The van der Waals surface area contributed by atoms with Crippen molar-refractivity contribution in [2.24, 2.45) is 0 Å². The summed E-state index contributed by atoms with van der Waals surface area (Å²) in [7, 11) is 0. The first-order valence-electron chi connectivity index (χ1n) is 6.06. The van der Waals surface area contributed by atoms with E-state index in [4.69, 9.17) is 0 Å². The number of anilines is 1. The van der Waals surface area contributed by atoms with Crippen LogP contribution in [0, 0.1) is 0 Å². The number of hydrogen-bond acceptors (Lipinski definition) is 5. The topological polar surface area (TPSA) is 95.3 Å². The Bertz CT molecular complexity index is 611. The van der Waals surface area contributed by atoms with E-state index in [-0.39, 0.29) is 17.8 Å². The third-order valence-electron chi connectivity index (χ3n) is 3.53. The molecule has 1 aliphatic rings. The third-order valence-corrected chi connectivity index (χ3v) is 3.53. The third kappa shape index (κ3) is 1.76. The Morgan fingerprint density at radius 3 is 2.94 bits per heavy atom. The molecule has 0 amide bonds. The minimum Gasteiger partial charge on any atom is -0.394 e. The van der Waals surface area contributed by atoms with Crippen LogP contribution < -0.4 is 11.0 Å². The summed E-state index contributed by atoms with van der Waals surface area (Å²) in [6.07, 6.45) is 4.04. The number of rotatable bonds is 3. The number of aliphatic hydroxyl groups is 1. The van der Waals surface area contributed by atoms with Gasteiger partial charge in [0, 0.05) is 0 Å². The predicted molar refractivity (Wildman–Crippen MR) is 65.5 cm³/mol. The Labute approximate surface area is 103 Å². The van der Waals surface area contributed by atoms with Crippen molar-refractivity contribution >= 4 is 11.5 Å². The first-order valence-corrected chi connectivity index (χ1v) is 6.06. The number of aromatic amines is 1. The summed E-state index contributed by atoms with van der Waals surface area (Å²) in [5, 5.41) is 23.1. The highest BCUT2D eigenvalue weighted by molar-refractivity contribution is 5.44. The lowest BCUT2D eigenvalue weighted by Gasteiger charge is -2.28. The molecule has 96 valence electrons. The summed E-state index contributed by atoms with van der Waals surface area (Å²) in [6.45, 7) is 0.0764. The highest BCUT2D eigenvalue weighted by Crippen LogP contribution is 2.32. The van der Waals surface area contributed by atoms with E-state index < -0.39 is 0 Å². The molecule has 0 bridgehead atoms. The number of aromatic nitrogens is 4. The van der Waals surface area contributed by atoms with Crippen molar-refractivity contribution in [1.82, 2.24) is 19.8 Å². The molecule has 18 heavy (non-hydrogen) atoms. The molecule has 0 atom stereocenters. The van der Waals surface area contributed by atoms with Crippen LogP contribution in [-0.2, 0) is 0 Å². The molecule has 1 aliphatic carbocycles. The molecule has 7 heteroatoms. The van der Waals surface area contributed by atoms with Gasteiger partial charge in [0.15, 0.2) is 5.65 Å². The molecule has 2 aromatic rings. The molecule has 1 saturated carbocycles. The van der Waals surface area contributed by atoms with Gasteiger partial charge in [-0.25, -0.2) is 9.89 Å². The second kappa shape index (κ2) is 4.09. The van der Waals surface area contributed by atoms with Gasteiger partial charge in [-0.15, -0.1) is 5.10 Å². The Morgan fingerprint density at radius 2 is 2.22 bits per heavy atom. The summed E-state index contributed by atoms with van der Waals surface area (Å²) in [5.74, 6) is 0.585. The molecular weight excluding hydrogens is 234 g/mol. The smallest absolute Gasteiger partial charge is 0.364 e. The van der Waals surface area contributed by atoms with E-state index in [1.54, 1.807) is 12.1 Å². The second-order valence-corrected chi connectivity index (χ2v) is 4.79. The SMILES string of the molecule is O=c1[nH]nc2ccc(NC3(CO)CCCC3)nn12. The first-order chi connectivity index (χ1) is 8.72. The number of fused-ring (bicyclic) bond motifs is 1. The van der Waals surface area contributed by atoms with E-state index in [1.807, 2.05) is 0 Å². The fourth-order valence-corrected chi connectivity index (χ4v) is 2.52. The molecule has 0 saturated heterocycles. The van der Waals surface area contributed by atoms with Crippen LogP contribution in [0.5, 0.6) is 0 Å². The molecule has 3 N–H and O–H groups in total. The van der Waals surface area contributed by atoms with Gasteiger partial charge in [0.05, 0.1) is 12.1 Å². The lowest BCUT2D eigenvalue weighted by Crippen LogP contribution is -2.39. The summed E-state index contributed by atoms with van der Waals surface area (Å²) >= 11 is 0. The molecule has 0 aromatic carbocycles. The number of aliphatic hydroxyl groups excluding tert-OH is 1. The van der Waals surface area contributed by atoms with Gasteiger partial charge < -0.3 is 10.4 Å². The van der Waals surface area contributed by atoms with Gasteiger partial charge in [-0.05, 0) is 25.0 Å². The molecule has 3 rings (SSSR count). The average molecular weight is 249 g/mol. The van der Waals surface area contributed by atoms with Gasteiger partial charge in [-0.1, -0.05) is 12.8 Å². The van der Waals surface area contributed by atoms with Crippen molar-refractivity contribution in [3.05, 3.63) is 22.6 Å². The Morgan fingerprint density at radius 1 is 1.44 bits per heavy atom. The Kier molecular flexibility index (Phi) is 2.55. The predicted octanol–water partition coefficient (Wildman–Crippen LogP) is 0.135. The zero-order chi connectivity index (χ0) is 12.6. The molecule has 2 aromatic heterocycles. The number of nitrogens with zero attached hydrogens (tertiary/aromatic N) is 3. The fourth-order valence-electron chi connectivity index (χ4n) is 2.52. The van der Waals surface area contributed by atoms with Gasteiger partial charge in [0.2, 0.25) is 0 Å². The highest BCUT2D eigenvalue weighted by Gasteiger charge is 2.33. The lowest BCUT2D eigenvalue weighted by atomic mass is 9.99. The largest absolute Gasteiger partial charge is 0.394 e. The van der Waals surface area contributed by atoms with Crippen molar-refractivity contribution in [3.63, 3.8) is 0 Å². The minimum atomic E-state index is -0.363. The standard InChI is InChI=1S/C11H15N5O2/c17-7-11(5-1-2-6-11)12-8-3-4-9-13-14-10(18)16(9)15-8/h3-4,17H,1-2,5-7H2,(H,12,15)(H,14,18). The first kappa shape index (κ1) is 11.2. The second-order valence-electron chi connectivity index (χ2n) is 4.79. The minimum absolute atomic E-state index is 0.0764.